The second kappa shape index (κ2) is 9.45. The minimum atomic E-state index is -3.91. The Bertz CT molecular complexity index is 1110. The number of amides is 1. The fraction of sp³-hybridized carbons (Fsp3) is 0.174. The number of sulfonamides is 1. The first kappa shape index (κ1) is 21.4. The minimum Gasteiger partial charge on any atom is -0.496 e. The van der Waals surface area contributed by atoms with Crippen LogP contribution in [-0.2, 0) is 21.4 Å². The van der Waals surface area contributed by atoms with Crippen LogP contribution in [0.3, 0.4) is 0 Å². The zero-order valence-corrected chi connectivity index (χ0v) is 17.7. The maximum Gasteiger partial charge on any atom is 0.264 e. The van der Waals surface area contributed by atoms with Gasteiger partial charge in [-0.15, -0.1) is 0 Å². The Hall–Kier alpha value is -3.32. The molecule has 0 fully saturated rings. The third-order valence-corrected chi connectivity index (χ3v) is 6.36. The predicted octanol–water partition coefficient (Wildman–Crippen LogP) is 3.52. The molecule has 1 N–H and O–H groups in total. The van der Waals surface area contributed by atoms with E-state index in [1.165, 1.54) is 12.1 Å². The molecule has 156 valence electrons. The highest BCUT2D eigenvalue weighted by Gasteiger charge is 2.27. The van der Waals surface area contributed by atoms with E-state index >= 15 is 0 Å². The molecule has 0 aliphatic rings. The summed E-state index contributed by atoms with van der Waals surface area (Å²) in [7, 11) is -2.35. The third kappa shape index (κ3) is 4.99. The number of carbonyl (C=O) groups is 1. The molecular formula is C23H24N2O4S. The van der Waals surface area contributed by atoms with E-state index in [-0.39, 0.29) is 18.0 Å². The van der Waals surface area contributed by atoms with Gasteiger partial charge in [0.2, 0.25) is 5.91 Å². The number of hydrogen-bond donors (Lipinski definition) is 1. The molecule has 7 heteroatoms. The molecule has 0 heterocycles. The summed E-state index contributed by atoms with van der Waals surface area (Å²) in [4.78, 5) is 12.8. The monoisotopic (exact) mass is 424 g/mol. The number of benzene rings is 3. The van der Waals surface area contributed by atoms with E-state index < -0.39 is 15.9 Å². The van der Waals surface area contributed by atoms with Gasteiger partial charge in [-0.3, -0.25) is 9.10 Å². The lowest BCUT2D eigenvalue weighted by molar-refractivity contribution is -0.119. The molecule has 0 bridgehead atoms. The molecule has 0 radical (unpaired) electrons. The number of methoxy groups -OCH3 is 1. The van der Waals surface area contributed by atoms with E-state index in [1.54, 1.807) is 49.6 Å². The van der Waals surface area contributed by atoms with Crippen molar-refractivity contribution < 1.29 is 17.9 Å². The molecule has 0 saturated carbocycles. The van der Waals surface area contributed by atoms with E-state index in [1.807, 2.05) is 31.2 Å². The van der Waals surface area contributed by atoms with Crippen LogP contribution < -0.4 is 14.4 Å². The highest BCUT2D eigenvalue weighted by molar-refractivity contribution is 7.92. The topological polar surface area (TPSA) is 75.7 Å². The van der Waals surface area contributed by atoms with Crippen molar-refractivity contribution in [1.82, 2.24) is 5.32 Å². The molecule has 0 spiro atoms. The van der Waals surface area contributed by atoms with Gasteiger partial charge < -0.3 is 10.1 Å². The van der Waals surface area contributed by atoms with Crippen LogP contribution in [0.5, 0.6) is 5.75 Å². The Balaban J connectivity index is 1.85. The highest BCUT2D eigenvalue weighted by Crippen LogP contribution is 2.24. The average Bonchev–Trinajstić information content (AvgIpc) is 2.76. The second-order valence-electron chi connectivity index (χ2n) is 6.75. The summed E-state index contributed by atoms with van der Waals surface area (Å²) in [5, 5.41) is 2.79. The van der Waals surface area contributed by atoms with E-state index in [0.717, 1.165) is 15.4 Å². The van der Waals surface area contributed by atoms with Crippen molar-refractivity contribution in [3.05, 3.63) is 90.0 Å². The van der Waals surface area contributed by atoms with Crippen molar-refractivity contribution in [1.29, 1.82) is 0 Å². The minimum absolute atomic E-state index is 0.129. The van der Waals surface area contributed by atoms with Crippen molar-refractivity contribution in [2.24, 2.45) is 0 Å². The standard InChI is InChI=1S/C23H24N2O4S/c1-18-9-8-11-20(15-18)25(30(27,28)21-12-4-3-5-13-21)17-23(26)24-16-19-10-6-7-14-22(19)29-2/h3-15H,16-17H2,1-2H3,(H,24,26). The molecule has 6 nitrogen and oxygen atoms in total. The van der Waals surface area contributed by atoms with E-state index in [0.29, 0.717) is 11.4 Å². The fourth-order valence-electron chi connectivity index (χ4n) is 3.05. The molecule has 0 aliphatic carbocycles. The first-order valence-electron chi connectivity index (χ1n) is 9.45. The highest BCUT2D eigenvalue weighted by atomic mass is 32.2. The Morgan fingerprint density at radius 2 is 1.67 bits per heavy atom. The van der Waals surface area contributed by atoms with Gasteiger partial charge in [0, 0.05) is 12.1 Å². The summed E-state index contributed by atoms with van der Waals surface area (Å²) in [6.45, 7) is 1.77. The van der Waals surface area contributed by atoms with E-state index in [4.69, 9.17) is 4.74 Å². The van der Waals surface area contributed by atoms with Crippen LogP contribution in [-0.4, -0.2) is 28.0 Å². The number of para-hydroxylation sites is 1. The van der Waals surface area contributed by atoms with Crippen LogP contribution in [0.25, 0.3) is 0 Å². The number of hydrogen-bond acceptors (Lipinski definition) is 4. The fourth-order valence-corrected chi connectivity index (χ4v) is 4.48. The second-order valence-corrected chi connectivity index (χ2v) is 8.61. The first-order valence-corrected chi connectivity index (χ1v) is 10.9. The lowest BCUT2D eigenvalue weighted by atomic mass is 10.2. The maximum atomic E-state index is 13.3. The molecular weight excluding hydrogens is 400 g/mol. The SMILES string of the molecule is COc1ccccc1CNC(=O)CN(c1cccc(C)c1)S(=O)(=O)c1ccccc1. The van der Waals surface area contributed by atoms with Gasteiger partial charge in [0.15, 0.2) is 0 Å². The van der Waals surface area contributed by atoms with Crippen LogP contribution in [0, 0.1) is 6.92 Å². The molecule has 0 unspecified atom stereocenters. The summed E-state index contributed by atoms with van der Waals surface area (Å²) < 4.78 is 33.0. The van der Waals surface area contributed by atoms with Crippen LogP contribution >= 0.6 is 0 Å². The number of nitrogens with one attached hydrogen (secondary N) is 1. The Morgan fingerprint density at radius 1 is 0.967 bits per heavy atom. The van der Waals surface area contributed by atoms with Gasteiger partial charge in [-0.1, -0.05) is 48.5 Å². The van der Waals surface area contributed by atoms with Crippen molar-refractivity contribution >= 4 is 21.6 Å². The van der Waals surface area contributed by atoms with Gasteiger partial charge in [-0.2, -0.15) is 0 Å². The largest absolute Gasteiger partial charge is 0.496 e. The van der Waals surface area contributed by atoms with Crippen molar-refractivity contribution in [2.75, 3.05) is 18.0 Å². The third-order valence-electron chi connectivity index (χ3n) is 4.58. The first-order chi connectivity index (χ1) is 14.4. The molecule has 3 aromatic rings. The summed E-state index contributed by atoms with van der Waals surface area (Å²) in [6.07, 6.45) is 0. The lowest BCUT2D eigenvalue weighted by Gasteiger charge is -2.24. The van der Waals surface area contributed by atoms with Crippen molar-refractivity contribution in [2.45, 2.75) is 18.4 Å². The number of aryl methyl sites for hydroxylation is 1. The lowest BCUT2D eigenvalue weighted by Crippen LogP contribution is -2.40. The predicted molar refractivity (Wildman–Crippen MR) is 117 cm³/mol. The van der Waals surface area contributed by atoms with Gasteiger partial charge in [0.05, 0.1) is 17.7 Å². The summed E-state index contributed by atoms with van der Waals surface area (Å²) in [6, 6.07) is 22.5. The smallest absolute Gasteiger partial charge is 0.264 e. The van der Waals surface area contributed by atoms with E-state index in [2.05, 4.69) is 5.32 Å². The van der Waals surface area contributed by atoms with Crippen molar-refractivity contribution in [3.63, 3.8) is 0 Å². The molecule has 0 saturated heterocycles. The number of anilines is 1. The van der Waals surface area contributed by atoms with Gasteiger partial charge in [0.1, 0.15) is 12.3 Å². The van der Waals surface area contributed by atoms with Crippen molar-refractivity contribution in [3.8, 4) is 5.75 Å². The van der Waals surface area contributed by atoms with Gasteiger partial charge in [0.25, 0.3) is 10.0 Å². The number of rotatable bonds is 8. The summed E-state index contributed by atoms with van der Waals surface area (Å²) >= 11 is 0. The molecule has 0 aliphatic heterocycles. The van der Waals surface area contributed by atoms with Crippen LogP contribution in [0.15, 0.2) is 83.8 Å². The van der Waals surface area contributed by atoms with E-state index in [9.17, 15) is 13.2 Å². The molecule has 3 rings (SSSR count). The van der Waals surface area contributed by atoms with Crippen LogP contribution in [0.1, 0.15) is 11.1 Å². The zero-order chi connectivity index (χ0) is 21.6. The molecule has 1 amide bonds. The Labute approximate surface area is 177 Å². The zero-order valence-electron chi connectivity index (χ0n) is 16.9. The number of ether oxygens (including phenoxy) is 1. The molecule has 0 atom stereocenters. The summed E-state index contributed by atoms with van der Waals surface area (Å²) in [5.74, 6) is 0.243. The molecule has 0 aromatic heterocycles. The quantitative estimate of drug-likeness (QED) is 0.600. The van der Waals surface area contributed by atoms with Crippen LogP contribution in [0.2, 0.25) is 0 Å². The number of carbonyl (C=O) groups excluding carboxylic acids is 1. The molecule has 30 heavy (non-hydrogen) atoms. The summed E-state index contributed by atoms with van der Waals surface area (Å²) in [5.41, 5.74) is 2.14. The maximum absolute atomic E-state index is 13.3. The average molecular weight is 425 g/mol. The number of nitrogens with zero attached hydrogens (tertiary/aromatic N) is 1. The van der Waals surface area contributed by atoms with Gasteiger partial charge >= 0.3 is 0 Å². The van der Waals surface area contributed by atoms with Gasteiger partial charge in [-0.25, -0.2) is 8.42 Å². The normalized spacial score (nSPS) is 11.0. The van der Waals surface area contributed by atoms with Gasteiger partial charge in [-0.05, 0) is 42.8 Å². The Kier molecular flexibility index (Phi) is 6.74. The molecule has 3 aromatic carbocycles. The van der Waals surface area contributed by atoms with Crippen LogP contribution in [0.4, 0.5) is 5.69 Å². The Morgan fingerprint density at radius 3 is 2.37 bits per heavy atom.